The van der Waals surface area contributed by atoms with Gasteiger partial charge < -0.3 is 9.47 Å². The molecule has 0 unspecified atom stereocenters. The SMILES string of the molecule is COc1cc(/C=N/n2c(=O)cn[nH]c2=S)ccc1OCc1ccc(F)cc1. The number of hydrogen-bond donors (Lipinski definition) is 1. The monoisotopic (exact) mass is 386 g/mol. The number of aromatic nitrogens is 3. The Labute approximate surface area is 158 Å². The fourth-order valence-corrected chi connectivity index (χ4v) is 2.39. The number of methoxy groups -OCH3 is 1. The predicted molar refractivity (Wildman–Crippen MR) is 100 cm³/mol. The van der Waals surface area contributed by atoms with Gasteiger partial charge in [-0.2, -0.15) is 14.9 Å². The van der Waals surface area contributed by atoms with E-state index >= 15 is 0 Å². The number of nitrogens with zero attached hydrogens (tertiary/aromatic N) is 3. The molecule has 27 heavy (non-hydrogen) atoms. The Hall–Kier alpha value is -3.33. The lowest BCUT2D eigenvalue weighted by Gasteiger charge is -2.11. The normalized spacial score (nSPS) is 10.9. The van der Waals surface area contributed by atoms with Crippen molar-refractivity contribution >= 4 is 18.4 Å². The Kier molecular flexibility index (Phi) is 5.72. The van der Waals surface area contributed by atoms with Crippen molar-refractivity contribution in [1.29, 1.82) is 0 Å². The lowest BCUT2D eigenvalue weighted by atomic mass is 10.2. The Balaban J connectivity index is 1.77. The van der Waals surface area contributed by atoms with Crippen LogP contribution in [0.15, 0.2) is 58.6 Å². The molecule has 0 spiro atoms. The highest BCUT2D eigenvalue weighted by molar-refractivity contribution is 7.71. The van der Waals surface area contributed by atoms with Gasteiger partial charge in [0.2, 0.25) is 4.77 Å². The maximum absolute atomic E-state index is 13.0. The summed E-state index contributed by atoms with van der Waals surface area (Å²) in [5, 5.41) is 10.1. The third kappa shape index (κ3) is 4.64. The van der Waals surface area contributed by atoms with Crippen LogP contribution in [0.1, 0.15) is 11.1 Å². The zero-order valence-electron chi connectivity index (χ0n) is 14.3. The van der Waals surface area contributed by atoms with Gasteiger partial charge in [0.05, 0.1) is 13.3 Å². The smallest absolute Gasteiger partial charge is 0.293 e. The molecule has 1 aromatic heterocycles. The lowest BCUT2D eigenvalue weighted by molar-refractivity contribution is 0.284. The van der Waals surface area contributed by atoms with E-state index in [-0.39, 0.29) is 17.2 Å². The molecule has 9 heteroatoms. The first-order valence-electron chi connectivity index (χ1n) is 7.83. The van der Waals surface area contributed by atoms with Crippen LogP contribution >= 0.6 is 12.2 Å². The molecule has 2 aromatic carbocycles. The summed E-state index contributed by atoms with van der Waals surface area (Å²) in [5.41, 5.74) is 1.07. The molecule has 3 rings (SSSR count). The Bertz CT molecular complexity index is 1050. The third-order valence-corrected chi connectivity index (χ3v) is 3.82. The molecule has 0 bridgehead atoms. The third-order valence-electron chi connectivity index (χ3n) is 3.55. The molecule has 0 aliphatic rings. The summed E-state index contributed by atoms with van der Waals surface area (Å²) in [6.07, 6.45) is 2.55. The van der Waals surface area contributed by atoms with Crippen molar-refractivity contribution in [1.82, 2.24) is 14.9 Å². The van der Waals surface area contributed by atoms with Crippen LogP contribution in [-0.4, -0.2) is 28.2 Å². The first-order valence-corrected chi connectivity index (χ1v) is 8.24. The van der Waals surface area contributed by atoms with Crippen LogP contribution in [0.25, 0.3) is 0 Å². The van der Waals surface area contributed by atoms with Gasteiger partial charge in [0.1, 0.15) is 18.6 Å². The summed E-state index contributed by atoms with van der Waals surface area (Å²) in [6, 6.07) is 11.2. The molecular weight excluding hydrogens is 371 g/mol. The van der Waals surface area contributed by atoms with Crippen LogP contribution in [0.3, 0.4) is 0 Å². The molecule has 0 aliphatic carbocycles. The van der Waals surface area contributed by atoms with Crippen molar-refractivity contribution in [2.24, 2.45) is 5.10 Å². The van der Waals surface area contributed by atoms with Crippen LogP contribution in [0.5, 0.6) is 11.5 Å². The number of H-pyrrole nitrogens is 1. The first kappa shape index (κ1) is 18.5. The Morgan fingerprint density at radius 2 is 2.04 bits per heavy atom. The Morgan fingerprint density at radius 3 is 2.74 bits per heavy atom. The van der Waals surface area contributed by atoms with E-state index < -0.39 is 5.56 Å². The topological polar surface area (TPSA) is 81.5 Å². The molecule has 1 heterocycles. The molecule has 0 fully saturated rings. The van der Waals surface area contributed by atoms with E-state index in [9.17, 15) is 9.18 Å². The molecule has 1 N–H and O–H groups in total. The van der Waals surface area contributed by atoms with Crippen molar-refractivity contribution < 1.29 is 13.9 Å². The van der Waals surface area contributed by atoms with Crippen LogP contribution in [-0.2, 0) is 6.61 Å². The van der Waals surface area contributed by atoms with E-state index in [0.717, 1.165) is 16.4 Å². The molecule has 0 atom stereocenters. The van der Waals surface area contributed by atoms with Gasteiger partial charge >= 0.3 is 0 Å². The minimum atomic E-state index is -0.443. The largest absolute Gasteiger partial charge is 0.493 e. The average molecular weight is 386 g/mol. The van der Waals surface area contributed by atoms with Crippen molar-refractivity contribution in [3.63, 3.8) is 0 Å². The maximum atomic E-state index is 13.0. The summed E-state index contributed by atoms with van der Waals surface area (Å²) in [5.74, 6) is 0.721. The van der Waals surface area contributed by atoms with Gasteiger partial charge in [-0.1, -0.05) is 12.1 Å². The molecule has 3 aromatic rings. The summed E-state index contributed by atoms with van der Waals surface area (Å²) >= 11 is 4.98. The number of benzene rings is 2. The van der Waals surface area contributed by atoms with E-state index in [1.54, 1.807) is 30.3 Å². The minimum absolute atomic E-state index is 0.0879. The number of nitrogens with one attached hydrogen (secondary N) is 1. The summed E-state index contributed by atoms with van der Waals surface area (Å²) in [4.78, 5) is 11.7. The molecule has 7 nitrogen and oxygen atoms in total. The van der Waals surface area contributed by atoms with Crippen LogP contribution in [0.2, 0.25) is 0 Å². The van der Waals surface area contributed by atoms with E-state index in [1.807, 2.05) is 0 Å². The van der Waals surface area contributed by atoms with Gasteiger partial charge in [-0.3, -0.25) is 9.89 Å². The highest BCUT2D eigenvalue weighted by atomic mass is 32.1. The summed E-state index contributed by atoms with van der Waals surface area (Å²) in [6.45, 7) is 0.269. The molecule has 0 radical (unpaired) electrons. The van der Waals surface area contributed by atoms with E-state index in [0.29, 0.717) is 17.1 Å². The van der Waals surface area contributed by atoms with Crippen molar-refractivity contribution in [2.45, 2.75) is 6.61 Å². The van der Waals surface area contributed by atoms with E-state index in [1.165, 1.54) is 25.5 Å². The predicted octanol–water partition coefficient (Wildman–Crippen LogP) is 2.91. The van der Waals surface area contributed by atoms with E-state index in [2.05, 4.69) is 15.3 Å². The molecule has 0 amide bonds. The van der Waals surface area contributed by atoms with Gasteiger partial charge in [-0.05, 0) is 53.7 Å². The van der Waals surface area contributed by atoms with Crippen LogP contribution in [0, 0.1) is 10.6 Å². The average Bonchev–Trinajstić information content (AvgIpc) is 2.67. The molecular formula is C18H15FN4O3S. The number of ether oxygens (including phenoxy) is 2. The molecule has 138 valence electrons. The lowest BCUT2D eigenvalue weighted by Crippen LogP contribution is -2.18. The number of aromatic amines is 1. The summed E-state index contributed by atoms with van der Waals surface area (Å²) in [7, 11) is 1.52. The first-order chi connectivity index (χ1) is 13.1. The zero-order chi connectivity index (χ0) is 19.2. The van der Waals surface area contributed by atoms with Crippen LogP contribution < -0.4 is 15.0 Å². The molecule has 0 saturated carbocycles. The second-order valence-electron chi connectivity index (χ2n) is 5.40. The van der Waals surface area contributed by atoms with Gasteiger partial charge in [0.15, 0.2) is 11.5 Å². The second kappa shape index (κ2) is 8.37. The van der Waals surface area contributed by atoms with E-state index in [4.69, 9.17) is 21.7 Å². The van der Waals surface area contributed by atoms with Crippen molar-refractivity contribution in [3.8, 4) is 11.5 Å². The Morgan fingerprint density at radius 1 is 1.26 bits per heavy atom. The van der Waals surface area contributed by atoms with Gasteiger partial charge in [-0.15, -0.1) is 0 Å². The number of halogens is 1. The van der Waals surface area contributed by atoms with Gasteiger partial charge in [0, 0.05) is 0 Å². The summed E-state index contributed by atoms with van der Waals surface area (Å²) < 4.78 is 25.1. The second-order valence-corrected chi connectivity index (χ2v) is 5.78. The highest BCUT2D eigenvalue weighted by Crippen LogP contribution is 2.28. The fraction of sp³-hybridized carbons (Fsp3) is 0.111. The zero-order valence-corrected chi connectivity index (χ0v) is 15.1. The fourth-order valence-electron chi connectivity index (χ4n) is 2.20. The standard InChI is InChI=1S/C18H15FN4O3S/c1-25-16-8-13(9-21-23-17(24)10-20-22-18(23)27)4-7-15(16)26-11-12-2-5-14(19)6-3-12/h2-10H,11H2,1H3,(H,22,27)/b21-9+. The number of rotatable bonds is 6. The minimum Gasteiger partial charge on any atom is -0.493 e. The van der Waals surface area contributed by atoms with Crippen LogP contribution in [0.4, 0.5) is 4.39 Å². The molecule has 0 saturated heterocycles. The van der Waals surface area contributed by atoms with Gasteiger partial charge in [0.25, 0.3) is 5.56 Å². The maximum Gasteiger partial charge on any atom is 0.293 e. The highest BCUT2D eigenvalue weighted by Gasteiger charge is 2.06. The molecule has 0 aliphatic heterocycles. The van der Waals surface area contributed by atoms with Crippen molar-refractivity contribution in [3.05, 3.63) is 80.7 Å². The number of hydrogen-bond acceptors (Lipinski definition) is 6. The van der Waals surface area contributed by atoms with Crippen molar-refractivity contribution in [2.75, 3.05) is 7.11 Å². The quantitative estimate of drug-likeness (QED) is 0.520. The van der Waals surface area contributed by atoms with Gasteiger partial charge in [-0.25, -0.2) is 4.39 Å².